The third kappa shape index (κ3) is 3.29. The van der Waals surface area contributed by atoms with Crippen molar-refractivity contribution in [2.45, 2.75) is 6.92 Å². The van der Waals surface area contributed by atoms with E-state index in [0.717, 1.165) is 0 Å². The highest BCUT2D eigenvalue weighted by Crippen LogP contribution is 2.32. The van der Waals surface area contributed by atoms with Gasteiger partial charge in [-0.2, -0.15) is 5.11 Å². The lowest BCUT2D eigenvalue weighted by Gasteiger charge is -2.06. The van der Waals surface area contributed by atoms with Crippen LogP contribution < -0.4 is 11.1 Å². The smallest absolute Gasteiger partial charge is 0.222 e. The molecule has 0 unspecified atom stereocenters. The Bertz CT molecular complexity index is 655. The average molecular weight is 271 g/mol. The Kier molecular flexibility index (Phi) is 3.90. The number of aromatic hydroxyl groups is 1. The molecule has 1 amide bonds. The zero-order chi connectivity index (χ0) is 14.5. The van der Waals surface area contributed by atoms with Crippen molar-refractivity contribution in [3.05, 3.63) is 36.4 Å². The molecule has 2 rings (SSSR count). The van der Waals surface area contributed by atoms with Crippen LogP contribution in [0.5, 0.6) is 5.75 Å². The number of pyridine rings is 1. The van der Waals surface area contributed by atoms with Gasteiger partial charge in [-0.15, -0.1) is 5.11 Å². The molecule has 0 atom stereocenters. The van der Waals surface area contributed by atoms with Crippen LogP contribution in [-0.4, -0.2) is 16.0 Å². The first-order chi connectivity index (χ1) is 9.56. The molecule has 0 fully saturated rings. The van der Waals surface area contributed by atoms with E-state index in [1.165, 1.54) is 13.0 Å². The van der Waals surface area contributed by atoms with Gasteiger partial charge in [-0.3, -0.25) is 4.79 Å². The zero-order valence-corrected chi connectivity index (χ0v) is 10.7. The maximum absolute atomic E-state index is 11.1. The number of aromatic nitrogens is 1. The number of nitrogens with zero attached hydrogens (tertiary/aromatic N) is 3. The molecular formula is C13H13N5O2. The maximum atomic E-state index is 11.1. The third-order valence-electron chi connectivity index (χ3n) is 2.33. The van der Waals surface area contributed by atoms with Crippen LogP contribution in [0.4, 0.5) is 23.0 Å². The quantitative estimate of drug-likeness (QED) is 0.745. The lowest BCUT2D eigenvalue weighted by atomic mass is 10.3. The molecule has 0 spiro atoms. The minimum atomic E-state index is -0.321. The second-order valence-electron chi connectivity index (χ2n) is 3.98. The van der Waals surface area contributed by atoms with E-state index in [4.69, 9.17) is 5.73 Å². The van der Waals surface area contributed by atoms with Gasteiger partial charge in [0.25, 0.3) is 0 Å². The molecule has 20 heavy (non-hydrogen) atoms. The fourth-order valence-corrected chi connectivity index (χ4v) is 1.45. The summed E-state index contributed by atoms with van der Waals surface area (Å²) >= 11 is 0. The van der Waals surface area contributed by atoms with E-state index in [2.05, 4.69) is 20.5 Å². The van der Waals surface area contributed by atoms with E-state index in [1.54, 1.807) is 12.1 Å². The Morgan fingerprint density at radius 2 is 2.00 bits per heavy atom. The Morgan fingerprint density at radius 3 is 2.65 bits per heavy atom. The molecule has 4 N–H and O–H groups in total. The number of azo groups is 1. The maximum Gasteiger partial charge on any atom is 0.222 e. The van der Waals surface area contributed by atoms with Gasteiger partial charge in [0, 0.05) is 13.0 Å². The van der Waals surface area contributed by atoms with Crippen molar-refractivity contribution >= 4 is 28.9 Å². The fraction of sp³-hybridized carbons (Fsp3) is 0.0769. The van der Waals surface area contributed by atoms with Crippen molar-refractivity contribution in [2.75, 3.05) is 11.1 Å². The predicted octanol–water partition coefficient (Wildman–Crippen LogP) is 2.74. The molecule has 7 nitrogen and oxygen atoms in total. The van der Waals surface area contributed by atoms with E-state index < -0.39 is 0 Å². The van der Waals surface area contributed by atoms with Gasteiger partial charge in [0.05, 0.1) is 5.69 Å². The fourth-order valence-electron chi connectivity index (χ4n) is 1.45. The highest BCUT2D eigenvalue weighted by Gasteiger charge is 2.10. The van der Waals surface area contributed by atoms with Gasteiger partial charge >= 0.3 is 0 Å². The lowest BCUT2D eigenvalue weighted by Crippen LogP contribution is -2.08. The van der Waals surface area contributed by atoms with Crippen molar-refractivity contribution in [1.82, 2.24) is 4.98 Å². The van der Waals surface area contributed by atoms with Crippen LogP contribution in [0.2, 0.25) is 0 Å². The number of amides is 1. The Labute approximate surface area is 115 Å². The molecule has 0 bridgehead atoms. The van der Waals surface area contributed by atoms with Crippen molar-refractivity contribution < 1.29 is 9.90 Å². The van der Waals surface area contributed by atoms with Crippen molar-refractivity contribution in [3.8, 4) is 5.75 Å². The Balaban J connectivity index is 2.37. The summed E-state index contributed by atoms with van der Waals surface area (Å²) in [5.41, 5.74) is 6.34. The van der Waals surface area contributed by atoms with E-state index in [1.807, 2.05) is 18.2 Å². The van der Waals surface area contributed by atoms with Gasteiger partial charge in [0.2, 0.25) is 5.91 Å². The number of anilines is 2. The van der Waals surface area contributed by atoms with Crippen molar-refractivity contribution in [2.24, 2.45) is 10.2 Å². The van der Waals surface area contributed by atoms with Gasteiger partial charge < -0.3 is 16.2 Å². The second kappa shape index (κ2) is 5.79. The summed E-state index contributed by atoms with van der Waals surface area (Å²) < 4.78 is 0. The number of hydrogen-bond donors (Lipinski definition) is 3. The molecule has 1 aromatic carbocycles. The SMILES string of the molecule is CC(=O)Nc1nc(N)c(O)cc1/N=N/c1ccccc1. The van der Waals surface area contributed by atoms with Gasteiger partial charge in [0.1, 0.15) is 5.69 Å². The van der Waals surface area contributed by atoms with Gasteiger partial charge in [0.15, 0.2) is 17.4 Å². The highest BCUT2D eigenvalue weighted by atomic mass is 16.3. The molecule has 1 aromatic heterocycles. The van der Waals surface area contributed by atoms with Crippen molar-refractivity contribution in [3.63, 3.8) is 0 Å². The van der Waals surface area contributed by atoms with Crippen LogP contribution in [0, 0.1) is 0 Å². The Hall–Kier alpha value is -2.96. The zero-order valence-electron chi connectivity index (χ0n) is 10.7. The number of carbonyl (C=O) groups excluding carboxylic acids is 1. The van der Waals surface area contributed by atoms with Gasteiger partial charge in [-0.05, 0) is 12.1 Å². The van der Waals surface area contributed by atoms with Crippen LogP contribution in [0.1, 0.15) is 6.92 Å². The molecule has 2 aromatic rings. The number of nitrogen functional groups attached to an aromatic ring is 1. The second-order valence-corrected chi connectivity index (χ2v) is 3.98. The van der Waals surface area contributed by atoms with Crippen LogP contribution in [0.3, 0.4) is 0 Å². The summed E-state index contributed by atoms with van der Waals surface area (Å²) in [5.74, 6) is -0.486. The summed E-state index contributed by atoms with van der Waals surface area (Å²) in [6, 6.07) is 10.3. The molecular weight excluding hydrogens is 258 g/mol. The molecule has 1 heterocycles. The first kappa shape index (κ1) is 13.5. The minimum Gasteiger partial charge on any atom is -0.504 e. The van der Waals surface area contributed by atoms with Gasteiger partial charge in [-0.1, -0.05) is 18.2 Å². The van der Waals surface area contributed by atoms with Gasteiger partial charge in [-0.25, -0.2) is 4.98 Å². The molecule has 0 radical (unpaired) electrons. The van der Waals surface area contributed by atoms with E-state index in [0.29, 0.717) is 5.69 Å². The average Bonchev–Trinajstić information content (AvgIpc) is 2.42. The van der Waals surface area contributed by atoms with E-state index in [-0.39, 0.29) is 29.0 Å². The van der Waals surface area contributed by atoms with Crippen molar-refractivity contribution in [1.29, 1.82) is 0 Å². The largest absolute Gasteiger partial charge is 0.504 e. The normalized spacial score (nSPS) is 10.7. The molecule has 0 saturated carbocycles. The third-order valence-corrected chi connectivity index (χ3v) is 2.33. The number of rotatable bonds is 3. The number of hydrogen-bond acceptors (Lipinski definition) is 6. The lowest BCUT2D eigenvalue weighted by molar-refractivity contribution is -0.114. The van der Waals surface area contributed by atoms with Crippen LogP contribution in [0.25, 0.3) is 0 Å². The molecule has 7 heteroatoms. The summed E-state index contributed by atoms with van der Waals surface area (Å²) in [6.07, 6.45) is 0. The van der Waals surface area contributed by atoms with E-state index in [9.17, 15) is 9.90 Å². The predicted molar refractivity (Wildman–Crippen MR) is 75.2 cm³/mol. The molecule has 102 valence electrons. The topological polar surface area (TPSA) is 113 Å². The first-order valence-corrected chi connectivity index (χ1v) is 5.80. The number of carbonyl (C=O) groups is 1. The number of nitrogens with one attached hydrogen (secondary N) is 1. The summed E-state index contributed by atoms with van der Waals surface area (Å²) in [6.45, 7) is 1.34. The number of benzene rings is 1. The van der Waals surface area contributed by atoms with Crippen LogP contribution >= 0.6 is 0 Å². The summed E-state index contributed by atoms with van der Waals surface area (Å²) in [7, 11) is 0. The molecule has 0 aliphatic heterocycles. The highest BCUT2D eigenvalue weighted by molar-refractivity contribution is 5.91. The summed E-state index contributed by atoms with van der Waals surface area (Å²) in [5, 5.41) is 20.0. The van der Waals surface area contributed by atoms with E-state index >= 15 is 0 Å². The number of nitrogens with two attached hydrogens (primary N) is 1. The minimum absolute atomic E-state index is 0.0904. The standard InChI is InChI=1S/C13H13N5O2/c1-8(19)15-13-10(7-11(20)12(14)16-13)18-17-9-5-3-2-4-6-9/h2-7,20H,1H3,(H3,14,15,16,19)/b18-17+. The van der Waals surface area contributed by atoms with Crippen LogP contribution in [-0.2, 0) is 4.79 Å². The monoisotopic (exact) mass is 271 g/mol. The molecule has 0 aliphatic rings. The first-order valence-electron chi connectivity index (χ1n) is 5.80. The molecule has 0 saturated heterocycles. The summed E-state index contributed by atoms with van der Waals surface area (Å²) in [4.78, 5) is 15.0. The molecule has 0 aliphatic carbocycles. The van der Waals surface area contributed by atoms with Crippen LogP contribution in [0.15, 0.2) is 46.6 Å². The Morgan fingerprint density at radius 1 is 1.30 bits per heavy atom.